The average Bonchev–Trinajstić information content (AvgIpc) is 3.59. The van der Waals surface area contributed by atoms with Crippen molar-refractivity contribution in [3.05, 3.63) is 151 Å². The molecule has 0 aliphatic rings. The topological polar surface area (TPSA) is 168 Å². The molecule has 0 aliphatic heterocycles. The maximum Gasteiger partial charge on any atom is 0.340 e. The summed E-state index contributed by atoms with van der Waals surface area (Å²) in [4.78, 5) is 60.9. The van der Waals surface area contributed by atoms with Gasteiger partial charge < -0.3 is 42.6 Å². The van der Waals surface area contributed by atoms with Gasteiger partial charge >= 0.3 is 29.8 Å². The first-order valence-corrected chi connectivity index (χ1v) is 28.4. The predicted octanol–water partition coefficient (Wildman–Crippen LogP) is 14.8. The number of esters is 5. The second-order valence-electron chi connectivity index (χ2n) is 20.2. The molecule has 1 unspecified atom stereocenters. The van der Waals surface area contributed by atoms with Crippen LogP contribution in [0.4, 0.5) is 4.39 Å². The van der Waals surface area contributed by atoms with Gasteiger partial charge in [-0.25, -0.2) is 18.8 Å². The highest BCUT2D eigenvalue weighted by molar-refractivity contribution is 6.11. The first kappa shape index (κ1) is 63.0. The smallest absolute Gasteiger partial charge is 0.340 e. The van der Waals surface area contributed by atoms with E-state index in [9.17, 15) is 28.4 Å². The SMILES string of the molecule is C=C(C)C(=O)OCCCCCCOc1ccc(CCC(=O)Oc2ccc3c(c2)cc(Oc2ccc(OCCCCCCOC(=O)C(C)F)cc2)c2cc(OC(=O)CCc4ccc(OCCCCCCOC(=O)C(=C)C)cc4)ccc23)cc1. The van der Waals surface area contributed by atoms with E-state index in [4.69, 9.17) is 42.6 Å². The normalized spacial score (nSPS) is 11.3. The monoisotopic (exact) mass is 1120 g/mol. The average molecular weight is 1130 g/mol. The molecule has 0 radical (unpaired) electrons. The number of hydrogen-bond donors (Lipinski definition) is 0. The van der Waals surface area contributed by atoms with Gasteiger partial charge in [0.25, 0.3) is 0 Å². The molecule has 0 fully saturated rings. The van der Waals surface area contributed by atoms with Crippen LogP contribution in [0.1, 0.15) is 122 Å². The summed E-state index contributed by atoms with van der Waals surface area (Å²) in [6.45, 7) is 14.2. The van der Waals surface area contributed by atoms with Gasteiger partial charge in [0.2, 0.25) is 0 Å². The van der Waals surface area contributed by atoms with Crippen LogP contribution in [0.3, 0.4) is 0 Å². The highest BCUT2D eigenvalue weighted by atomic mass is 19.1. The van der Waals surface area contributed by atoms with Gasteiger partial charge in [0.05, 0.1) is 39.6 Å². The van der Waals surface area contributed by atoms with Crippen LogP contribution in [0.15, 0.2) is 140 Å². The van der Waals surface area contributed by atoms with Crippen molar-refractivity contribution in [1.29, 1.82) is 0 Å². The number of halogens is 1. The zero-order valence-corrected chi connectivity index (χ0v) is 47.6. The van der Waals surface area contributed by atoms with Gasteiger partial charge in [-0.3, -0.25) is 9.59 Å². The van der Waals surface area contributed by atoms with Crippen molar-refractivity contribution in [2.45, 2.75) is 130 Å². The summed E-state index contributed by atoms with van der Waals surface area (Å²) in [5, 5.41) is 3.16. The molecule has 14 nitrogen and oxygen atoms in total. The van der Waals surface area contributed by atoms with Gasteiger partial charge in [-0.15, -0.1) is 0 Å². The summed E-state index contributed by atoms with van der Waals surface area (Å²) in [7, 11) is 0. The number of ether oxygens (including phenoxy) is 9. The van der Waals surface area contributed by atoms with E-state index in [2.05, 4.69) is 13.2 Å². The lowest BCUT2D eigenvalue weighted by atomic mass is 10.0. The van der Waals surface area contributed by atoms with E-state index in [1.54, 1.807) is 32.0 Å². The predicted molar refractivity (Wildman–Crippen MR) is 314 cm³/mol. The lowest BCUT2D eigenvalue weighted by Gasteiger charge is -2.15. The van der Waals surface area contributed by atoms with E-state index >= 15 is 0 Å². The molecule has 0 heterocycles. The number of hydrogen-bond acceptors (Lipinski definition) is 14. The van der Waals surface area contributed by atoms with Crippen molar-refractivity contribution in [2.75, 3.05) is 39.6 Å². The van der Waals surface area contributed by atoms with Gasteiger partial charge in [-0.1, -0.05) is 43.5 Å². The third-order valence-corrected chi connectivity index (χ3v) is 13.1. The summed E-state index contributed by atoms with van der Waals surface area (Å²) in [5.74, 6) is 1.59. The maximum absolute atomic E-state index is 13.3. The van der Waals surface area contributed by atoms with Gasteiger partial charge in [0.1, 0.15) is 40.2 Å². The van der Waals surface area contributed by atoms with Crippen LogP contribution in [-0.4, -0.2) is 75.7 Å². The number of aryl methyl sites for hydroxylation is 2. The number of carbonyl (C=O) groups excluding carboxylic acids is 5. The fourth-order valence-corrected chi connectivity index (χ4v) is 8.50. The Morgan fingerprint density at radius 2 is 0.805 bits per heavy atom. The van der Waals surface area contributed by atoms with Gasteiger partial charge in [0, 0.05) is 29.4 Å². The van der Waals surface area contributed by atoms with Crippen LogP contribution in [0, 0.1) is 0 Å². The number of alkyl halides is 1. The summed E-state index contributed by atoms with van der Waals surface area (Å²) in [6, 6.07) is 35.4. The fraction of sp³-hybridized carbons (Fsp3) is 0.388. The number of unbranched alkanes of at least 4 members (excludes halogenated alkanes) is 9. The van der Waals surface area contributed by atoms with Crippen molar-refractivity contribution in [2.24, 2.45) is 0 Å². The molecule has 0 saturated heterocycles. The molecule has 6 rings (SSSR count). The molecule has 82 heavy (non-hydrogen) atoms. The second kappa shape index (κ2) is 34.2. The van der Waals surface area contributed by atoms with Crippen LogP contribution in [0.25, 0.3) is 21.5 Å². The molecule has 0 bridgehead atoms. The number of carbonyl (C=O) groups is 5. The van der Waals surface area contributed by atoms with Crippen molar-refractivity contribution >= 4 is 51.4 Å². The minimum absolute atomic E-state index is 0.151. The van der Waals surface area contributed by atoms with E-state index in [0.717, 1.165) is 116 Å². The summed E-state index contributed by atoms with van der Waals surface area (Å²) < 4.78 is 64.3. The van der Waals surface area contributed by atoms with Crippen LogP contribution in [-0.2, 0) is 51.0 Å². The van der Waals surface area contributed by atoms with E-state index < -0.39 is 18.1 Å². The Morgan fingerprint density at radius 3 is 1.24 bits per heavy atom. The van der Waals surface area contributed by atoms with Crippen LogP contribution >= 0.6 is 0 Å². The number of rotatable bonds is 37. The van der Waals surface area contributed by atoms with Crippen LogP contribution in [0.2, 0.25) is 0 Å². The van der Waals surface area contributed by atoms with Crippen LogP contribution < -0.4 is 28.4 Å². The minimum atomic E-state index is -1.62. The molecule has 6 aromatic carbocycles. The Bertz CT molecular complexity index is 3040. The Hall–Kier alpha value is -8.20. The van der Waals surface area contributed by atoms with E-state index in [1.165, 1.54) is 0 Å². The van der Waals surface area contributed by atoms with E-state index in [-0.39, 0.29) is 37.4 Å². The zero-order chi connectivity index (χ0) is 58.5. The Kier molecular flexibility index (Phi) is 26.2. The maximum atomic E-state index is 13.3. The highest BCUT2D eigenvalue weighted by Crippen LogP contribution is 2.40. The van der Waals surface area contributed by atoms with Crippen molar-refractivity contribution in [3.63, 3.8) is 0 Å². The molecule has 6 aromatic rings. The third kappa shape index (κ3) is 22.4. The summed E-state index contributed by atoms with van der Waals surface area (Å²) in [5.41, 5.74) is 2.74. The van der Waals surface area contributed by atoms with E-state index in [1.807, 2.05) is 97.1 Å². The standard InChI is InChI=1S/C67H77FO14/c1-47(2)65(71)77-41-15-9-6-12-38-74-53-24-18-50(19-25-53)22-36-63(69)81-57-32-34-59-52(44-57)45-62(80-56-30-28-55(29-31-56)76-40-14-8-11-17-43-79-67(73)49(5)68)61-46-58(33-35-60(59)61)82-64(70)37-23-51-20-26-54(27-21-51)75-39-13-7-10-16-42-78-66(72)48(3)4/h18-21,24-35,44-46,49H,1,3,6-17,22-23,36-43H2,2,4-5H3. The summed E-state index contributed by atoms with van der Waals surface area (Å²) >= 11 is 0. The number of benzene rings is 6. The molecule has 15 heteroatoms. The first-order valence-electron chi connectivity index (χ1n) is 28.4. The van der Waals surface area contributed by atoms with E-state index in [0.29, 0.717) is 97.6 Å². The minimum Gasteiger partial charge on any atom is -0.494 e. The molecule has 0 aliphatic carbocycles. The second-order valence-corrected chi connectivity index (χ2v) is 20.2. The lowest BCUT2D eigenvalue weighted by Crippen LogP contribution is -2.15. The molecular formula is C67H77FO14. The van der Waals surface area contributed by atoms with Gasteiger partial charge in [-0.2, -0.15) is 0 Å². The fourth-order valence-electron chi connectivity index (χ4n) is 8.50. The van der Waals surface area contributed by atoms with Crippen molar-refractivity contribution in [1.82, 2.24) is 0 Å². The molecular weight excluding hydrogens is 1050 g/mol. The van der Waals surface area contributed by atoms with Gasteiger partial charge in [-0.05, 0) is 223 Å². The summed E-state index contributed by atoms with van der Waals surface area (Å²) in [6.07, 6.45) is 9.88. The Balaban J connectivity index is 1.03. The largest absolute Gasteiger partial charge is 0.494 e. The zero-order valence-electron chi connectivity index (χ0n) is 47.6. The molecule has 1 atom stereocenters. The highest BCUT2D eigenvalue weighted by Gasteiger charge is 2.16. The Morgan fingerprint density at radius 1 is 0.427 bits per heavy atom. The molecule has 0 saturated carbocycles. The first-order chi connectivity index (χ1) is 39.7. The molecule has 0 aromatic heterocycles. The molecule has 0 spiro atoms. The quantitative estimate of drug-likeness (QED) is 0.00902. The molecule has 0 N–H and O–H groups in total. The number of fused-ring (bicyclic) bond motifs is 3. The lowest BCUT2D eigenvalue weighted by molar-refractivity contribution is -0.149. The van der Waals surface area contributed by atoms with Crippen LogP contribution in [0.5, 0.6) is 40.2 Å². The van der Waals surface area contributed by atoms with Crippen molar-refractivity contribution in [3.8, 4) is 40.2 Å². The van der Waals surface area contributed by atoms with Crippen molar-refractivity contribution < 1.29 is 71.0 Å². The van der Waals surface area contributed by atoms with Gasteiger partial charge in [0.15, 0.2) is 6.17 Å². The Labute approximate surface area is 480 Å². The molecule has 0 amide bonds. The third-order valence-electron chi connectivity index (χ3n) is 13.1. The molecule has 436 valence electrons.